The average Bonchev–Trinajstić information content (AvgIpc) is 2.78. The van der Waals surface area contributed by atoms with E-state index in [0.717, 1.165) is 0 Å². The van der Waals surface area contributed by atoms with Crippen LogP contribution in [-0.4, -0.2) is 28.9 Å². The van der Waals surface area contributed by atoms with Crippen LogP contribution in [0.15, 0.2) is 22.7 Å². The molecule has 19 heavy (non-hydrogen) atoms. The highest BCUT2D eigenvalue weighted by Gasteiger charge is 2.27. The SMILES string of the molecule is O=C1CC[C@H](C(=O)Nc2cc(C(=O)O)ccc2Br)N1. The fourth-order valence-corrected chi connectivity index (χ4v) is 2.13. The molecule has 1 aromatic carbocycles. The van der Waals surface area contributed by atoms with E-state index in [1.54, 1.807) is 6.07 Å². The van der Waals surface area contributed by atoms with Crippen molar-refractivity contribution in [1.82, 2.24) is 5.32 Å². The lowest BCUT2D eigenvalue weighted by Crippen LogP contribution is -2.37. The molecule has 1 heterocycles. The van der Waals surface area contributed by atoms with E-state index in [1.165, 1.54) is 12.1 Å². The van der Waals surface area contributed by atoms with Crippen LogP contribution in [-0.2, 0) is 9.59 Å². The van der Waals surface area contributed by atoms with Crippen molar-refractivity contribution in [2.24, 2.45) is 0 Å². The lowest BCUT2D eigenvalue weighted by atomic mass is 10.2. The molecule has 0 unspecified atom stereocenters. The highest BCUT2D eigenvalue weighted by Crippen LogP contribution is 2.24. The van der Waals surface area contributed by atoms with E-state index < -0.39 is 12.0 Å². The summed E-state index contributed by atoms with van der Waals surface area (Å²) in [5.41, 5.74) is 0.444. The van der Waals surface area contributed by atoms with E-state index >= 15 is 0 Å². The van der Waals surface area contributed by atoms with Crippen molar-refractivity contribution in [3.8, 4) is 0 Å². The number of carboxylic acid groups (broad SMARTS) is 1. The Kier molecular flexibility index (Phi) is 3.84. The van der Waals surface area contributed by atoms with E-state index in [2.05, 4.69) is 26.6 Å². The van der Waals surface area contributed by atoms with Crippen molar-refractivity contribution in [3.63, 3.8) is 0 Å². The molecule has 1 aliphatic heterocycles. The van der Waals surface area contributed by atoms with Gasteiger partial charge in [0.15, 0.2) is 0 Å². The minimum atomic E-state index is -1.07. The van der Waals surface area contributed by atoms with Gasteiger partial charge in [-0.3, -0.25) is 9.59 Å². The molecule has 1 aliphatic rings. The molecule has 1 atom stereocenters. The van der Waals surface area contributed by atoms with Gasteiger partial charge in [0.05, 0.1) is 11.3 Å². The molecule has 0 bridgehead atoms. The second kappa shape index (κ2) is 5.40. The zero-order valence-corrected chi connectivity index (χ0v) is 11.4. The van der Waals surface area contributed by atoms with Gasteiger partial charge in [0.2, 0.25) is 11.8 Å². The number of hydrogen-bond acceptors (Lipinski definition) is 3. The second-order valence-electron chi connectivity index (χ2n) is 4.15. The smallest absolute Gasteiger partial charge is 0.335 e. The molecule has 1 saturated heterocycles. The van der Waals surface area contributed by atoms with Crippen LogP contribution in [0.25, 0.3) is 0 Å². The lowest BCUT2D eigenvalue weighted by Gasteiger charge is -2.12. The number of carboxylic acids is 1. The summed E-state index contributed by atoms with van der Waals surface area (Å²) in [4.78, 5) is 33.8. The number of benzene rings is 1. The van der Waals surface area contributed by atoms with Gasteiger partial charge in [-0.25, -0.2) is 4.79 Å². The first-order valence-electron chi connectivity index (χ1n) is 5.60. The van der Waals surface area contributed by atoms with Crippen LogP contribution in [0.5, 0.6) is 0 Å². The van der Waals surface area contributed by atoms with Gasteiger partial charge in [-0.15, -0.1) is 0 Å². The maximum Gasteiger partial charge on any atom is 0.335 e. The van der Waals surface area contributed by atoms with Gasteiger partial charge in [0.25, 0.3) is 0 Å². The van der Waals surface area contributed by atoms with Crippen LogP contribution < -0.4 is 10.6 Å². The molecule has 3 N–H and O–H groups in total. The molecule has 100 valence electrons. The number of carbonyl (C=O) groups is 3. The fourth-order valence-electron chi connectivity index (χ4n) is 1.78. The van der Waals surface area contributed by atoms with Gasteiger partial charge in [-0.05, 0) is 40.5 Å². The Morgan fingerprint density at radius 3 is 2.74 bits per heavy atom. The van der Waals surface area contributed by atoms with Crippen molar-refractivity contribution in [2.45, 2.75) is 18.9 Å². The Labute approximate surface area is 117 Å². The van der Waals surface area contributed by atoms with Crippen LogP contribution in [0.2, 0.25) is 0 Å². The van der Waals surface area contributed by atoms with Crippen LogP contribution >= 0.6 is 15.9 Å². The molecule has 0 aliphatic carbocycles. The average molecular weight is 327 g/mol. The monoisotopic (exact) mass is 326 g/mol. The summed E-state index contributed by atoms with van der Waals surface area (Å²) in [7, 11) is 0. The molecule has 1 fully saturated rings. The summed E-state index contributed by atoms with van der Waals surface area (Å²) in [6.07, 6.45) is 0.773. The van der Waals surface area contributed by atoms with Crippen LogP contribution in [0.4, 0.5) is 5.69 Å². The maximum atomic E-state index is 11.9. The summed E-state index contributed by atoms with van der Waals surface area (Å²) >= 11 is 3.23. The van der Waals surface area contributed by atoms with E-state index in [4.69, 9.17) is 5.11 Å². The standard InChI is InChI=1S/C12H11BrN2O4/c13-7-2-1-6(12(18)19)5-9(7)15-11(17)8-3-4-10(16)14-8/h1-2,5,8H,3-4H2,(H,14,16)(H,15,17)(H,18,19)/t8-/m1/s1. The van der Waals surface area contributed by atoms with Crippen LogP contribution in [0.3, 0.4) is 0 Å². The first-order chi connectivity index (χ1) is 8.97. The maximum absolute atomic E-state index is 11.9. The summed E-state index contributed by atoms with van der Waals surface area (Å²) in [6, 6.07) is 3.78. The first kappa shape index (κ1) is 13.5. The first-order valence-corrected chi connectivity index (χ1v) is 6.40. The number of carbonyl (C=O) groups excluding carboxylic acids is 2. The van der Waals surface area contributed by atoms with Crippen LogP contribution in [0.1, 0.15) is 23.2 Å². The van der Waals surface area contributed by atoms with E-state index in [9.17, 15) is 14.4 Å². The van der Waals surface area contributed by atoms with Gasteiger partial charge in [-0.2, -0.15) is 0 Å². The van der Waals surface area contributed by atoms with Crippen molar-refractivity contribution < 1.29 is 19.5 Å². The minimum Gasteiger partial charge on any atom is -0.478 e. The third-order valence-electron chi connectivity index (χ3n) is 2.78. The summed E-state index contributed by atoms with van der Waals surface area (Å²) in [5, 5.41) is 14.0. The van der Waals surface area contributed by atoms with E-state index in [0.29, 0.717) is 23.0 Å². The van der Waals surface area contributed by atoms with Gasteiger partial charge in [0, 0.05) is 10.9 Å². The zero-order chi connectivity index (χ0) is 14.0. The van der Waals surface area contributed by atoms with Gasteiger partial charge in [0.1, 0.15) is 6.04 Å². The number of rotatable bonds is 3. The third-order valence-corrected chi connectivity index (χ3v) is 3.47. The molecule has 2 amide bonds. The summed E-state index contributed by atoms with van der Waals surface area (Å²) in [6.45, 7) is 0. The molecule has 6 nitrogen and oxygen atoms in total. The Morgan fingerprint density at radius 2 is 2.16 bits per heavy atom. The fraction of sp³-hybridized carbons (Fsp3) is 0.250. The Hall–Kier alpha value is -1.89. The second-order valence-corrected chi connectivity index (χ2v) is 5.00. The molecule has 1 aromatic rings. The number of anilines is 1. The molecular weight excluding hydrogens is 316 g/mol. The summed E-state index contributed by atoms with van der Waals surface area (Å²) in [5.74, 6) is -1.58. The molecule has 0 radical (unpaired) electrons. The van der Waals surface area contributed by atoms with Crippen molar-refractivity contribution in [2.75, 3.05) is 5.32 Å². The van der Waals surface area contributed by atoms with Gasteiger partial charge in [-0.1, -0.05) is 0 Å². The Bertz CT molecular complexity index is 559. The topological polar surface area (TPSA) is 95.5 Å². The molecule has 2 rings (SSSR count). The largest absolute Gasteiger partial charge is 0.478 e. The summed E-state index contributed by atoms with van der Waals surface area (Å²) < 4.78 is 0.579. The predicted octanol–water partition coefficient (Wildman–Crippen LogP) is 1.36. The van der Waals surface area contributed by atoms with Crippen molar-refractivity contribution in [1.29, 1.82) is 0 Å². The molecule has 0 spiro atoms. The predicted molar refractivity (Wildman–Crippen MR) is 70.9 cm³/mol. The highest BCUT2D eigenvalue weighted by atomic mass is 79.9. The van der Waals surface area contributed by atoms with Crippen molar-refractivity contribution >= 4 is 39.4 Å². The van der Waals surface area contributed by atoms with Crippen LogP contribution in [0, 0.1) is 0 Å². The molecule has 0 saturated carbocycles. The number of halogens is 1. The Morgan fingerprint density at radius 1 is 1.42 bits per heavy atom. The molecule has 0 aromatic heterocycles. The molecular formula is C12H11BrN2O4. The lowest BCUT2D eigenvalue weighted by molar-refractivity contribution is -0.122. The number of hydrogen-bond donors (Lipinski definition) is 3. The normalized spacial score (nSPS) is 17.9. The zero-order valence-electron chi connectivity index (χ0n) is 9.77. The van der Waals surface area contributed by atoms with Gasteiger partial charge < -0.3 is 15.7 Å². The van der Waals surface area contributed by atoms with Crippen molar-refractivity contribution in [3.05, 3.63) is 28.2 Å². The molecule has 7 heteroatoms. The number of amides is 2. The third kappa shape index (κ3) is 3.11. The Balaban J connectivity index is 2.14. The number of aromatic carboxylic acids is 1. The van der Waals surface area contributed by atoms with E-state index in [-0.39, 0.29) is 17.4 Å². The van der Waals surface area contributed by atoms with E-state index in [1.807, 2.05) is 0 Å². The number of nitrogens with one attached hydrogen (secondary N) is 2. The van der Waals surface area contributed by atoms with Gasteiger partial charge >= 0.3 is 5.97 Å². The highest BCUT2D eigenvalue weighted by molar-refractivity contribution is 9.10. The quantitative estimate of drug-likeness (QED) is 0.781. The minimum absolute atomic E-state index is 0.0777.